The maximum Gasteiger partial charge on any atom is 0.153 e. The molecule has 0 atom stereocenters. The molecule has 2 rings (SSSR count). The number of aromatic nitrogens is 3. The summed E-state index contributed by atoms with van der Waals surface area (Å²) in [5.41, 5.74) is 7.54. The fourth-order valence-corrected chi connectivity index (χ4v) is 1.81. The third-order valence-electron chi connectivity index (χ3n) is 2.78. The number of anilines is 1. The number of halogens is 1. The van der Waals surface area contributed by atoms with E-state index in [9.17, 15) is 0 Å². The van der Waals surface area contributed by atoms with Crippen molar-refractivity contribution in [2.45, 2.75) is 32.6 Å². The number of H-pyrrole nitrogens is 1. The van der Waals surface area contributed by atoms with Crippen LogP contribution >= 0.6 is 11.6 Å². The van der Waals surface area contributed by atoms with Gasteiger partial charge in [-0.25, -0.2) is 4.98 Å². The summed E-state index contributed by atoms with van der Waals surface area (Å²) in [5, 5.41) is 7.74. The van der Waals surface area contributed by atoms with Gasteiger partial charge >= 0.3 is 0 Å². The molecule has 0 spiro atoms. The minimum atomic E-state index is 0.348. The number of nitrogens with one attached hydrogen (secondary N) is 1. The van der Waals surface area contributed by atoms with Crippen molar-refractivity contribution in [3.63, 3.8) is 0 Å². The lowest BCUT2D eigenvalue weighted by molar-refractivity contribution is 0.780. The average Bonchev–Trinajstić information content (AvgIpc) is 2.79. The van der Waals surface area contributed by atoms with Crippen LogP contribution in [0.1, 0.15) is 37.0 Å². The van der Waals surface area contributed by atoms with Crippen LogP contribution in [0.25, 0.3) is 0 Å². The minimum absolute atomic E-state index is 0.348. The van der Waals surface area contributed by atoms with Crippen LogP contribution in [0.3, 0.4) is 0 Å². The molecule has 5 heteroatoms. The largest absolute Gasteiger partial charge is 0.398 e. The Morgan fingerprint density at radius 2 is 2.11 bits per heavy atom. The molecular weight excluding hydrogens is 248 g/mol. The monoisotopic (exact) mass is 264 g/mol. The highest BCUT2D eigenvalue weighted by Gasteiger charge is 2.07. The number of aryl methyl sites for hydroxylation is 2. The fourth-order valence-electron chi connectivity index (χ4n) is 1.69. The molecule has 0 bridgehead atoms. The zero-order valence-corrected chi connectivity index (χ0v) is 11.3. The van der Waals surface area contributed by atoms with Crippen molar-refractivity contribution in [3.8, 4) is 0 Å². The molecule has 0 aliphatic rings. The molecule has 3 N–H and O–H groups in total. The van der Waals surface area contributed by atoms with Gasteiger partial charge in [-0.15, -0.1) is 0 Å². The Hall–Kier alpha value is -1.55. The Balaban J connectivity index is 2.00. The standard InChI is InChI=1S/C13H17ClN4/c1-8(2)13-16-12(17-18-13)6-4-9-3-5-10(14)11(15)7-9/h3,5,7-8H,4,6,15H2,1-2H3,(H,16,17,18). The van der Waals surface area contributed by atoms with Gasteiger partial charge in [-0.3, -0.25) is 5.10 Å². The summed E-state index contributed by atoms with van der Waals surface area (Å²) in [6, 6.07) is 5.71. The van der Waals surface area contributed by atoms with Crippen LogP contribution in [0.5, 0.6) is 0 Å². The van der Waals surface area contributed by atoms with Crippen LogP contribution in [-0.2, 0) is 12.8 Å². The van der Waals surface area contributed by atoms with Crippen LogP contribution in [0.4, 0.5) is 5.69 Å². The molecule has 0 fully saturated rings. The Labute approximate surface area is 112 Å². The first-order chi connectivity index (χ1) is 8.56. The molecule has 0 unspecified atom stereocenters. The molecule has 1 aromatic heterocycles. The molecule has 1 aromatic carbocycles. The number of rotatable bonds is 4. The summed E-state index contributed by atoms with van der Waals surface area (Å²) in [6.45, 7) is 4.15. The number of nitrogens with two attached hydrogens (primary N) is 1. The number of nitrogen functional groups attached to an aromatic ring is 1. The fraction of sp³-hybridized carbons (Fsp3) is 0.385. The zero-order valence-electron chi connectivity index (χ0n) is 10.6. The van der Waals surface area contributed by atoms with Gasteiger partial charge < -0.3 is 5.73 Å². The quantitative estimate of drug-likeness (QED) is 0.835. The Morgan fingerprint density at radius 3 is 2.72 bits per heavy atom. The number of nitrogens with zero attached hydrogens (tertiary/aromatic N) is 2. The van der Waals surface area contributed by atoms with E-state index in [-0.39, 0.29) is 0 Å². The van der Waals surface area contributed by atoms with Gasteiger partial charge in [0.2, 0.25) is 0 Å². The molecule has 96 valence electrons. The lowest BCUT2D eigenvalue weighted by atomic mass is 10.1. The molecule has 0 amide bonds. The first-order valence-electron chi connectivity index (χ1n) is 6.01. The normalized spacial score (nSPS) is 11.1. The first-order valence-corrected chi connectivity index (χ1v) is 6.39. The van der Waals surface area contributed by atoms with Crippen molar-refractivity contribution in [1.82, 2.24) is 15.2 Å². The lowest BCUT2D eigenvalue weighted by Crippen LogP contribution is -1.96. The highest BCUT2D eigenvalue weighted by atomic mass is 35.5. The van der Waals surface area contributed by atoms with Gasteiger partial charge in [0.1, 0.15) is 5.82 Å². The van der Waals surface area contributed by atoms with Crippen molar-refractivity contribution in [3.05, 3.63) is 40.4 Å². The van der Waals surface area contributed by atoms with Crippen LogP contribution in [0.2, 0.25) is 5.02 Å². The lowest BCUT2D eigenvalue weighted by Gasteiger charge is -2.02. The Kier molecular flexibility index (Phi) is 3.87. The predicted octanol–water partition coefficient (Wildman–Crippen LogP) is 2.95. The predicted molar refractivity (Wildman–Crippen MR) is 73.7 cm³/mol. The van der Waals surface area contributed by atoms with Gasteiger partial charge in [-0.05, 0) is 24.1 Å². The van der Waals surface area contributed by atoms with Gasteiger partial charge in [0.05, 0.1) is 10.7 Å². The molecular formula is C13H17ClN4. The van der Waals surface area contributed by atoms with Crippen molar-refractivity contribution in [2.24, 2.45) is 0 Å². The van der Waals surface area contributed by atoms with E-state index < -0.39 is 0 Å². The summed E-state index contributed by atoms with van der Waals surface area (Å²) in [4.78, 5) is 4.44. The number of aromatic amines is 1. The van der Waals surface area contributed by atoms with E-state index in [2.05, 4.69) is 29.0 Å². The smallest absolute Gasteiger partial charge is 0.153 e. The minimum Gasteiger partial charge on any atom is -0.398 e. The van der Waals surface area contributed by atoms with Gasteiger partial charge in [0, 0.05) is 12.3 Å². The highest BCUT2D eigenvalue weighted by molar-refractivity contribution is 6.33. The van der Waals surface area contributed by atoms with E-state index in [0.29, 0.717) is 16.6 Å². The van der Waals surface area contributed by atoms with E-state index >= 15 is 0 Å². The van der Waals surface area contributed by atoms with E-state index in [1.807, 2.05) is 18.2 Å². The number of hydrogen-bond acceptors (Lipinski definition) is 3. The molecule has 2 aromatic rings. The number of benzene rings is 1. The summed E-state index contributed by atoms with van der Waals surface area (Å²) < 4.78 is 0. The van der Waals surface area contributed by atoms with Crippen LogP contribution in [0, 0.1) is 0 Å². The maximum atomic E-state index is 5.88. The first kappa shape index (κ1) is 12.9. The van der Waals surface area contributed by atoms with Gasteiger partial charge in [-0.2, -0.15) is 5.10 Å². The van der Waals surface area contributed by atoms with Gasteiger partial charge in [0.25, 0.3) is 0 Å². The van der Waals surface area contributed by atoms with E-state index in [4.69, 9.17) is 17.3 Å². The van der Waals surface area contributed by atoms with E-state index in [0.717, 1.165) is 30.1 Å². The molecule has 0 radical (unpaired) electrons. The molecule has 4 nitrogen and oxygen atoms in total. The van der Waals surface area contributed by atoms with Crippen LogP contribution in [-0.4, -0.2) is 15.2 Å². The topological polar surface area (TPSA) is 67.6 Å². The molecule has 1 heterocycles. The van der Waals surface area contributed by atoms with Gasteiger partial charge in [0.15, 0.2) is 5.82 Å². The second kappa shape index (κ2) is 5.40. The molecule has 0 aliphatic heterocycles. The SMILES string of the molecule is CC(C)c1n[nH]c(CCc2ccc(Cl)c(N)c2)n1. The summed E-state index contributed by atoms with van der Waals surface area (Å²) in [5.74, 6) is 2.12. The summed E-state index contributed by atoms with van der Waals surface area (Å²) in [7, 11) is 0. The Morgan fingerprint density at radius 1 is 1.33 bits per heavy atom. The third-order valence-corrected chi connectivity index (χ3v) is 3.12. The second-order valence-electron chi connectivity index (χ2n) is 4.65. The Bertz CT molecular complexity index is 534. The molecule has 0 aliphatic carbocycles. The second-order valence-corrected chi connectivity index (χ2v) is 5.06. The maximum absolute atomic E-state index is 5.88. The van der Waals surface area contributed by atoms with Crippen LogP contribution < -0.4 is 5.73 Å². The summed E-state index contributed by atoms with van der Waals surface area (Å²) in [6.07, 6.45) is 1.69. The zero-order chi connectivity index (χ0) is 13.1. The number of hydrogen-bond donors (Lipinski definition) is 2. The van der Waals surface area contributed by atoms with E-state index in [1.165, 1.54) is 0 Å². The van der Waals surface area contributed by atoms with E-state index in [1.54, 1.807) is 0 Å². The third kappa shape index (κ3) is 3.01. The average molecular weight is 265 g/mol. The van der Waals surface area contributed by atoms with Gasteiger partial charge in [-0.1, -0.05) is 31.5 Å². The molecule has 0 saturated carbocycles. The van der Waals surface area contributed by atoms with Crippen molar-refractivity contribution >= 4 is 17.3 Å². The highest BCUT2D eigenvalue weighted by Crippen LogP contribution is 2.20. The van der Waals surface area contributed by atoms with Crippen molar-refractivity contribution in [2.75, 3.05) is 5.73 Å². The van der Waals surface area contributed by atoms with Crippen LogP contribution in [0.15, 0.2) is 18.2 Å². The molecule has 18 heavy (non-hydrogen) atoms. The summed E-state index contributed by atoms with van der Waals surface area (Å²) >= 11 is 5.88. The molecule has 0 saturated heterocycles. The van der Waals surface area contributed by atoms with Crippen molar-refractivity contribution in [1.29, 1.82) is 0 Å². The van der Waals surface area contributed by atoms with Crippen molar-refractivity contribution < 1.29 is 0 Å².